The highest BCUT2D eigenvalue weighted by Gasteiger charge is 2.35. The van der Waals surface area contributed by atoms with Gasteiger partial charge < -0.3 is 4.42 Å². The summed E-state index contributed by atoms with van der Waals surface area (Å²) in [6, 6.07) is 17.5. The Labute approximate surface area is 181 Å². The standard InChI is InChI=1S/C23H18BrNO3S/c1-14-3-6-16(7-4-14)13-25-22(26)21(29-23(25)27)12-17-8-10-20(28-17)18-9-5-15(2)11-19(18)24/h3-12H,13H2,1-2H3/b21-12-. The lowest BCUT2D eigenvalue weighted by Crippen LogP contribution is -2.27. The molecule has 0 bridgehead atoms. The van der Waals surface area contributed by atoms with Crippen molar-refractivity contribution in [1.29, 1.82) is 0 Å². The summed E-state index contributed by atoms with van der Waals surface area (Å²) in [5.74, 6) is 0.936. The number of amides is 2. The molecule has 146 valence electrons. The maximum atomic E-state index is 12.7. The molecule has 4 nitrogen and oxygen atoms in total. The van der Waals surface area contributed by atoms with Gasteiger partial charge in [0.1, 0.15) is 11.5 Å². The summed E-state index contributed by atoms with van der Waals surface area (Å²) in [6.07, 6.45) is 1.63. The second-order valence-electron chi connectivity index (χ2n) is 6.94. The Balaban J connectivity index is 1.54. The summed E-state index contributed by atoms with van der Waals surface area (Å²) in [5, 5.41) is -0.269. The van der Waals surface area contributed by atoms with Gasteiger partial charge in [0.05, 0.1) is 11.4 Å². The zero-order valence-corrected chi connectivity index (χ0v) is 18.3. The van der Waals surface area contributed by atoms with Gasteiger partial charge >= 0.3 is 0 Å². The summed E-state index contributed by atoms with van der Waals surface area (Å²) >= 11 is 4.50. The molecule has 1 aliphatic heterocycles. The van der Waals surface area contributed by atoms with Gasteiger partial charge in [0.25, 0.3) is 11.1 Å². The highest BCUT2D eigenvalue weighted by atomic mass is 79.9. The predicted molar refractivity (Wildman–Crippen MR) is 119 cm³/mol. The van der Waals surface area contributed by atoms with E-state index in [2.05, 4.69) is 15.9 Å². The fraction of sp³-hybridized carbons (Fsp3) is 0.130. The van der Waals surface area contributed by atoms with Crippen LogP contribution in [0.5, 0.6) is 0 Å². The number of aryl methyl sites for hydroxylation is 2. The number of imide groups is 1. The topological polar surface area (TPSA) is 50.5 Å². The smallest absolute Gasteiger partial charge is 0.293 e. The number of hydrogen-bond acceptors (Lipinski definition) is 4. The highest BCUT2D eigenvalue weighted by molar-refractivity contribution is 9.10. The van der Waals surface area contributed by atoms with Crippen molar-refractivity contribution in [3.05, 3.63) is 86.4 Å². The molecule has 0 N–H and O–H groups in total. The molecular weight excluding hydrogens is 450 g/mol. The van der Waals surface area contributed by atoms with E-state index in [0.717, 1.165) is 38.5 Å². The van der Waals surface area contributed by atoms with Gasteiger partial charge in [0.15, 0.2) is 0 Å². The molecule has 1 aromatic heterocycles. The Morgan fingerprint density at radius 3 is 2.45 bits per heavy atom. The van der Waals surface area contributed by atoms with E-state index in [4.69, 9.17) is 4.42 Å². The minimum absolute atomic E-state index is 0.266. The third kappa shape index (κ3) is 4.23. The molecule has 2 amide bonds. The van der Waals surface area contributed by atoms with Crippen LogP contribution in [0.2, 0.25) is 0 Å². The van der Waals surface area contributed by atoms with Crippen molar-refractivity contribution in [2.45, 2.75) is 20.4 Å². The number of halogens is 1. The number of carbonyl (C=O) groups is 2. The lowest BCUT2D eigenvalue weighted by molar-refractivity contribution is -0.123. The number of nitrogens with zero attached hydrogens (tertiary/aromatic N) is 1. The van der Waals surface area contributed by atoms with Crippen molar-refractivity contribution >= 4 is 44.9 Å². The van der Waals surface area contributed by atoms with E-state index in [1.54, 1.807) is 12.1 Å². The first-order chi connectivity index (χ1) is 13.9. The molecule has 29 heavy (non-hydrogen) atoms. The fourth-order valence-corrected chi connectivity index (χ4v) is 4.54. The molecule has 1 saturated heterocycles. The quantitative estimate of drug-likeness (QED) is 0.407. The molecule has 0 radical (unpaired) electrons. The summed E-state index contributed by atoms with van der Waals surface area (Å²) in [6.45, 7) is 4.29. The van der Waals surface area contributed by atoms with Crippen LogP contribution in [0.15, 0.2) is 68.4 Å². The minimum Gasteiger partial charge on any atom is -0.457 e. The van der Waals surface area contributed by atoms with Crippen LogP contribution in [0, 0.1) is 13.8 Å². The van der Waals surface area contributed by atoms with Gasteiger partial charge in [-0.25, -0.2) is 0 Å². The molecule has 0 atom stereocenters. The molecular formula is C23H18BrNO3S. The lowest BCUT2D eigenvalue weighted by atomic mass is 10.1. The second-order valence-corrected chi connectivity index (χ2v) is 8.79. The summed E-state index contributed by atoms with van der Waals surface area (Å²) in [4.78, 5) is 26.7. The Morgan fingerprint density at radius 2 is 1.72 bits per heavy atom. The van der Waals surface area contributed by atoms with Crippen molar-refractivity contribution < 1.29 is 14.0 Å². The molecule has 0 spiro atoms. The summed E-state index contributed by atoms with van der Waals surface area (Å²) in [5.41, 5.74) is 4.14. The van der Waals surface area contributed by atoms with Gasteiger partial charge in [-0.2, -0.15) is 0 Å². The third-order valence-electron chi connectivity index (χ3n) is 4.63. The van der Waals surface area contributed by atoms with Gasteiger partial charge in [0, 0.05) is 16.1 Å². The highest BCUT2D eigenvalue weighted by Crippen LogP contribution is 2.35. The molecule has 3 aromatic rings. The van der Waals surface area contributed by atoms with Crippen LogP contribution in [-0.4, -0.2) is 16.0 Å². The number of furan rings is 1. The SMILES string of the molecule is Cc1ccc(CN2C(=O)S/C(=C\c3ccc(-c4ccc(C)cc4Br)o3)C2=O)cc1. The van der Waals surface area contributed by atoms with Crippen LogP contribution in [0.4, 0.5) is 4.79 Å². The van der Waals surface area contributed by atoms with Gasteiger partial charge in [-0.15, -0.1) is 0 Å². The predicted octanol–water partition coefficient (Wildman–Crippen LogP) is 6.56. The van der Waals surface area contributed by atoms with Crippen LogP contribution in [0.1, 0.15) is 22.5 Å². The van der Waals surface area contributed by atoms with Crippen LogP contribution in [0.3, 0.4) is 0 Å². The largest absolute Gasteiger partial charge is 0.457 e. The molecule has 0 aliphatic carbocycles. The van der Waals surface area contributed by atoms with Gasteiger partial charge in [-0.1, -0.05) is 51.8 Å². The molecule has 1 aliphatic rings. The average Bonchev–Trinajstić information content (AvgIpc) is 3.24. The van der Waals surface area contributed by atoms with E-state index in [1.807, 2.05) is 62.4 Å². The summed E-state index contributed by atoms with van der Waals surface area (Å²) < 4.78 is 6.84. The maximum absolute atomic E-state index is 12.7. The maximum Gasteiger partial charge on any atom is 0.293 e. The van der Waals surface area contributed by atoms with Crippen molar-refractivity contribution in [3.8, 4) is 11.3 Å². The molecule has 4 rings (SSSR count). The monoisotopic (exact) mass is 467 g/mol. The first-order valence-electron chi connectivity index (χ1n) is 9.08. The molecule has 2 aromatic carbocycles. The number of hydrogen-bond donors (Lipinski definition) is 0. The first kappa shape index (κ1) is 19.7. The molecule has 6 heteroatoms. The Hall–Kier alpha value is -2.57. The van der Waals surface area contributed by atoms with E-state index in [0.29, 0.717) is 16.4 Å². The van der Waals surface area contributed by atoms with Crippen LogP contribution < -0.4 is 0 Å². The Kier molecular flexibility index (Phi) is 5.48. The fourth-order valence-electron chi connectivity index (χ4n) is 3.04. The Morgan fingerprint density at radius 1 is 1.00 bits per heavy atom. The van der Waals surface area contributed by atoms with Gasteiger partial charge in [-0.05, 0) is 61.0 Å². The number of rotatable bonds is 4. The zero-order valence-electron chi connectivity index (χ0n) is 15.9. The number of thioether (sulfide) groups is 1. The van der Waals surface area contributed by atoms with Crippen molar-refractivity contribution in [3.63, 3.8) is 0 Å². The Bertz CT molecular complexity index is 1130. The van der Waals surface area contributed by atoms with E-state index >= 15 is 0 Å². The summed E-state index contributed by atoms with van der Waals surface area (Å²) in [7, 11) is 0. The molecule has 2 heterocycles. The number of carbonyl (C=O) groups excluding carboxylic acids is 2. The van der Waals surface area contributed by atoms with E-state index in [-0.39, 0.29) is 17.7 Å². The molecule has 0 unspecified atom stereocenters. The zero-order chi connectivity index (χ0) is 20.5. The third-order valence-corrected chi connectivity index (χ3v) is 6.19. The first-order valence-corrected chi connectivity index (χ1v) is 10.7. The van der Waals surface area contributed by atoms with Crippen LogP contribution in [-0.2, 0) is 11.3 Å². The minimum atomic E-state index is -0.296. The average molecular weight is 468 g/mol. The van der Waals surface area contributed by atoms with E-state index < -0.39 is 0 Å². The molecule has 0 saturated carbocycles. The van der Waals surface area contributed by atoms with Crippen LogP contribution >= 0.6 is 27.7 Å². The lowest BCUT2D eigenvalue weighted by Gasteiger charge is -2.12. The van der Waals surface area contributed by atoms with E-state index in [1.165, 1.54) is 4.90 Å². The van der Waals surface area contributed by atoms with Gasteiger partial charge in [-0.3, -0.25) is 14.5 Å². The van der Waals surface area contributed by atoms with Crippen molar-refractivity contribution in [1.82, 2.24) is 4.90 Å². The van der Waals surface area contributed by atoms with Crippen molar-refractivity contribution in [2.75, 3.05) is 0 Å². The molecule has 1 fully saturated rings. The van der Waals surface area contributed by atoms with E-state index in [9.17, 15) is 9.59 Å². The number of benzene rings is 2. The van der Waals surface area contributed by atoms with Crippen LogP contribution in [0.25, 0.3) is 17.4 Å². The normalized spacial score (nSPS) is 15.6. The van der Waals surface area contributed by atoms with Gasteiger partial charge in [0.2, 0.25) is 0 Å². The second kappa shape index (κ2) is 8.05. The van der Waals surface area contributed by atoms with Crippen molar-refractivity contribution in [2.24, 2.45) is 0 Å².